The second kappa shape index (κ2) is 11.8. The fourth-order valence-electron chi connectivity index (χ4n) is 4.90. The highest BCUT2D eigenvalue weighted by Gasteiger charge is 2.38. The number of amides is 1. The molecule has 0 spiro atoms. The molecule has 0 radical (unpaired) electrons. The van der Waals surface area contributed by atoms with E-state index >= 15 is 0 Å². The van der Waals surface area contributed by atoms with Gasteiger partial charge in [0.25, 0.3) is 16.1 Å². The maximum Gasteiger partial charge on any atom is 0.277 e. The Kier molecular flexibility index (Phi) is 8.48. The predicted octanol–water partition coefficient (Wildman–Crippen LogP) is 3.51. The highest BCUT2D eigenvalue weighted by Crippen LogP contribution is 2.39. The molecule has 0 atom stereocenters. The van der Waals surface area contributed by atoms with Crippen LogP contribution in [0.4, 0.5) is 5.69 Å². The Morgan fingerprint density at radius 1 is 0.973 bits per heavy atom. The molecule has 1 aliphatic rings. The summed E-state index contributed by atoms with van der Waals surface area (Å²) in [5, 5.41) is 3.11. The number of para-hydroxylation sites is 1. The monoisotopic (exact) mass is 522 g/mol. The van der Waals surface area contributed by atoms with Gasteiger partial charge < -0.3 is 15.8 Å². The molecule has 0 heterocycles. The normalized spacial score (nSPS) is 19.8. The van der Waals surface area contributed by atoms with Crippen LogP contribution in [0.1, 0.15) is 47.2 Å². The first-order valence-electron chi connectivity index (χ1n) is 12.4. The van der Waals surface area contributed by atoms with Crippen molar-refractivity contribution in [3.63, 3.8) is 0 Å². The van der Waals surface area contributed by atoms with Crippen molar-refractivity contribution in [1.82, 2.24) is 14.8 Å². The molecule has 0 bridgehead atoms. The molecule has 0 aromatic heterocycles. The topological polar surface area (TPSA) is 123 Å². The summed E-state index contributed by atoms with van der Waals surface area (Å²) in [6.45, 7) is 0.633. The molecule has 1 amide bonds. The van der Waals surface area contributed by atoms with Crippen molar-refractivity contribution in [1.29, 1.82) is 0 Å². The highest BCUT2D eigenvalue weighted by molar-refractivity contribution is 7.87. The first-order chi connectivity index (χ1) is 17.8. The average molecular weight is 523 g/mol. The Morgan fingerprint density at radius 2 is 1.62 bits per heavy atom. The molecule has 3 aromatic carbocycles. The summed E-state index contributed by atoms with van der Waals surface area (Å²) in [7, 11) is -2.13. The Hall–Kier alpha value is -3.40. The summed E-state index contributed by atoms with van der Waals surface area (Å²) >= 11 is 0. The van der Waals surface area contributed by atoms with Crippen molar-refractivity contribution < 1.29 is 17.9 Å². The molecule has 196 valence electrons. The van der Waals surface area contributed by atoms with Crippen LogP contribution in [0.2, 0.25) is 0 Å². The molecule has 5 N–H and O–H groups in total. The first kappa shape index (κ1) is 26.7. The van der Waals surface area contributed by atoms with Gasteiger partial charge in [-0.2, -0.15) is 17.9 Å². The minimum Gasteiger partial charge on any atom is -0.496 e. The summed E-state index contributed by atoms with van der Waals surface area (Å²) in [6.07, 6.45) is 2.77. The number of hydrogen-bond acceptors (Lipinski definition) is 5. The third-order valence-electron chi connectivity index (χ3n) is 7.04. The number of nitrogens with one attached hydrogen (secondary N) is 3. The zero-order valence-corrected chi connectivity index (χ0v) is 21.8. The smallest absolute Gasteiger partial charge is 0.277 e. The minimum absolute atomic E-state index is 0.186. The van der Waals surface area contributed by atoms with Gasteiger partial charge in [-0.15, -0.1) is 0 Å². The van der Waals surface area contributed by atoms with Gasteiger partial charge in [0, 0.05) is 30.2 Å². The maximum absolute atomic E-state index is 13.0. The Morgan fingerprint density at radius 3 is 2.30 bits per heavy atom. The highest BCUT2D eigenvalue weighted by atomic mass is 32.2. The van der Waals surface area contributed by atoms with Crippen LogP contribution >= 0.6 is 0 Å². The van der Waals surface area contributed by atoms with Gasteiger partial charge in [0.05, 0.1) is 12.7 Å². The lowest BCUT2D eigenvalue weighted by Gasteiger charge is -2.41. The molecule has 1 aliphatic carbocycles. The van der Waals surface area contributed by atoms with E-state index in [9.17, 15) is 13.2 Å². The summed E-state index contributed by atoms with van der Waals surface area (Å²) < 4.78 is 36.1. The van der Waals surface area contributed by atoms with Gasteiger partial charge in [0.15, 0.2) is 0 Å². The van der Waals surface area contributed by atoms with Crippen LogP contribution in [0.3, 0.4) is 0 Å². The van der Waals surface area contributed by atoms with E-state index in [1.807, 2.05) is 30.3 Å². The molecule has 1 fully saturated rings. The molecule has 3 aromatic rings. The van der Waals surface area contributed by atoms with E-state index in [1.165, 1.54) is 0 Å². The van der Waals surface area contributed by atoms with Crippen LogP contribution in [0.25, 0.3) is 0 Å². The summed E-state index contributed by atoms with van der Waals surface area (Å²) in [4.78, 5) is 13.0. The van der Waals surface area contributed by atoms with E-state index in [1.54, 1.807) is 43.5 Å². The lowest BCUT2D eigenvalue weighted by atomic mass is 9.68. The van der Waals surface area contributed by atoms with Crippen LogP contribution < -0.4 is 25.2 Å². The second-order valence-electron chi connectivity index (χ2n) is 9.49. The van der Waals surface area contributed by atoms with Crippen molar-refractivity contribution in [2.45, 2.75) is 43.7 Å². The number of carbonyl (C=O) groups excluding carboxylic acids is 1. The molecular formula is C28H34N4O4S. The zero-order valence-electron chi connectivity index (χ0n) is 20.9. The van der Waals surface area contributed by atoms with Crippen molar-refractivity contribution in [3.05, 3.63) is 95.6 Å². The van der Waals surface area contributed by atoms with Crippen LogP contribution in [-0.2, 0) is 22.2 Å². The van der Waals surface area contributed by atoms with E-state index in [0.717, 1.165) is 24.0 Å². The summed E-state index contributed by atoms with van der Waals surface area (Å²) in [6, 6.07) is 24.2. The third kappa shape index (κ3) is 6.88. The lowest BCUT2D eigenvalue weighted by Crippen LogP contribution is -2.49. The van der Waals surface area contributed by atoms with Crippen molar-refractivity contribution >= 4 is 21.8 Å². The number of hydrogen-bond donors (Lipinski definition) is 4. The molecule has 1 saturated carbocycles. The molecule has 37 heavy (non-hydrogen) atoms. The quantitative estimate of drug-likeness (QED) is 0.304. The van der Waals surface area contributed by atoms with Crippen molar-refractivity contribution in [2.24, 2.45) is 0 Å². The number of nitrogens with two attached hydrogens (primary N) is 1. The van der Waals surface area contributed by atoms with Crippen LogP contribution in [0.5, 0.6) is 5.75 Å². The van der Waals surface area contributed by atoms with Gasteiger partial charge in [0.1, 0.15) is 5.75 Å². The van der Waals surface area contributed by atoms with Gasteiger partial charge in [0.2, 0.25) is 0 Å². The Balaban J connectivity index is 1.40. The van der Waals surface area contributed by atoms with Crippen molar-refractivity contribution in [2.75, 3.05) is 19.4 Å². The SMILES string of the molecule is COc1ccccc1C(=O)NCC1(c2ccccc2)CCC(NS(=O)(=O)NCc2ccc(N)cc2)CC1. The molecule has 0 unspecified atom stereocenters. The first-order valence-corrected chi connectivity index (χ1v) is 13.9. The number of anilines is 1. The van der Waals surface area contributed by atoms with E-state index in [4.69, 9.17) is 10.5 Å². The number of rotatable bonds is 10. The molecule has 8 nitrogen and oxygen atoms in total. The predicted molar refractivity (Wildman–Crippen MR) is 145 cm³/mol. The van der Waals surface area contributed by atoms with E-state index < -0.39 is 10.2 Å². The van der Waals surface area contributed by atoms with E-state index in [0.29, 0.717) is 36.4 Å². The largest absolute Gasteiger partial charge is 0.496 e. The average Bonchev–Trinajstić information content (AvgIpc) is 2.92. The summed E-state index contributed by atoms with van der Waals surface area (Å²) in [5.74, 6) is 0.334. The number of carbonyl (C=O) groups is 1. The minimum atomic E-state index is -3.68. The molecule has 0 aliphatic heterocycles. The Bertz CT molecular complexity index is 1290. The fourth-order valence-corrected chi connectivity index (χ4v) is 6.01. The number of nitrogen functional groups attached to an aromatic ring is 1. The standard InChI is InChI=1S/C28H34N4O4S/c1-36-26-10-6-5-9-25(26)27(33)30-20-28(22-7-3-2-4-8-22)17-15-24(16-18-28)32-37(34,35)31-19-21-11-13-23(29)14-12-21/h2-14,24,31-32H,15-20,29H2,1H3,(H,30,33). The number of methoxy groups -OCH3 is 1. The van der Waals surface area contributed by atoms with Crippen LogP contribution in [-0.4, -0.2) is 34.0 Å². The van der Waals surface area contributed by atoms with Gasteiger partial charge in [-0.25, -0.2) is 0 Å². The molecule has 9 heteroatoms. The van der Waals surface area contributed by atoms with Gasteiger partial charge in [-0.3, -0.25) is 4.79 Å². The molecule has 0 saturated heterocycles. The third-order valence-corrected chi connectivity index (χ3v) is 8.20. The molecule has 4 rings (SSSR count). The maximum atomic E-state index is 13.0. The van der Waals surface area contributed by atoms with Gasteiger partial charge >= 0.3 is 0 Å². The second-order valence-corrected chi connectivity index (χ2v) is 11.0. The van der Waals surface area contributed by atoms with Gasteiger partial charge in [-0.05, 0) is 61.1 Å². The lowest BCUT2D eigenvalue weighted by molar-refractivity contribution is 0.0932. The van der Waals surface area contributed by atoms with Crippen LogP contribution in [0, 0.1) is 0 Å². The van der Waals surface area contributed by atoms with Crippen LogP contribution in [0.15, 0.2) is 78.9 Å². The fraction of sp³-hybridized carbons (Fsp3) is 0.321. The zero-order chi connectivity index (χ0) is 26.3. The van der Waals surface area contributed by atoms with Gasteiger partial charge in [-0.1, -0.05) is 54.6 Å². The molecular weight excluding hydrogens is 488 g/mol. The number of ether oxygens (including phenoxy) is 1. The number of benzene rings is 3. The Labute approximate surface area is 218 Å². The summed E-state index contributed by atoms with van der Waals surface area (Å²) in [5.41, 5.74) is 8.49. The van der Waals surface area contributed by atoms with E-state index in [2.05, 4.69) is 26.9 Å². The van der Waals surface area contributed by atoms with Crippen molar-refractivity contribution in [3.8, 4) is 5.75 Å². The van der Waals surface area contributed by atoms with E-state index in [-0.39, 0.29) is 23.9 Å².